The summed E-state index contributed by atoms with van der Waals surface area (Å²) in [5.41, 5.74) is 1.04. The van der Waals surface area contributed by atoms with E-state index in [9.17, 15) is 9.90 Å². The smallest absolute Gasteiger partial charge is 0.325 e. The van der Waals surface area contributed by atoms with E-state index in [0.717, 1.165) is 5.56 Å². The molecule has 1 N–H and O–H groups in total. The fourth-order valence-electron chi connectivity index (χ4n) is 2.14. The second-order valence-corrected chi connectivity index (χ2v) is 5.63. The van der Waals surface area contributed by atoms with Crippen molar-refractivity contribution < 1.29 is 19.4 Å². The summed E-state index contributed by atoms with van der Waals surface area (Å²) in [4.78, 5) is 11.7. The van der Waals surface area contributed by atoms with Gasteiger partial charge in [0.1, 0.15) is 10.9 Å². The van der Waals surface area contributed by atoms with Crippen LogP contribution in [-0.4, -0.2) is 41.4 Å². The molecule has 2 rings (SSSR count). The first-order valence-corrected chi connectivity index (χ1v) is 7.43. The van der Waals surface area contributed by atoms with Crippen LogP contribution in [0.2, 0.25) is 0 Å². The molecule has 0 amide bonds. The molecule has 1 aliphatic rings. The molecule has 1 heterocycles. The number of esters is 1. The van der Waals surface area contributed by atoms with E-state index in [1.807, 2.05) is 36.6 Å². The van der Waals surface area contributed by atoms with Crippen LogP contribution in [0.4, 0.5) is 0 Å². The number of aliphatic hydroxyl groups is 1. The predicted octanol–water partition coefficient (Wildman–Crippen LogP) is 1.61. The van der Waals surface area contributed by atoms with E-state index in [1.54, 1.807) is 0 Å². The predicted molar refractivity (Wildman–Crippen MR) is 73.9 cm³/mol. The van der Waals surface area contributed by atoms with Gasteiger partial charge >= 0.3 is 5.97 Å². The number of cyclic esters (lactones) is 1. The van der Waals surface area contributed by atoms with Gasteiger partial charge in [-0.2, -0.15) is 0 Å². The topological polar surface area (TPSA) is 55.8 Å². The zero-order chi connectivity index (χ0) is 13.7. The van der Waals surface area contributed by atoms with Gasteiger partial charge in [-0.1, -0.05) is 30.3 Å². The first-order chi connectivity index (χ1) is 9.19. The van der Waals surface area contributed by atoms with Crippen LogP contribution in [0.15, 0.2) is 30.3 Å². The van der Waals surface area contributed by atoms with Gasteiger partial charge in [0.05, 0.1) is 19.8 Å². The van der Waals surface area contributed by atoms with Crippen LogP contribution in [-0.2, 0) is 20.9 Å². The molecule has 0 spiro atoms. The van der Waals surface area contributed by atoms with Gasteiger partial charge in [-0.25, -0.2) is 0 Å². The van der Waals surface area contributed by atoms with Crippen LogP contribution in [0.25, 0.3) is 0 Å². The normalized spacial score (nSPS) is 24.2. The van der Waals surface area contributed by atoms with E-state index >= 15 is 0 Å². The lowest BCUT2D eigenvalue weighted by molar-refractivity contribution is -0.143. The first-order valence-electron chi connectivity index (χ1n) is 6.21. The van der Waals surface area contributed by atoms with Gasteiger partial charge in [0, 0.05) is 6.42 Å². The number of rotatable bonds is 6. The van der Waals surface area contributed by atoms with E-state index in [4.69, 9.17) is 9.47 Å². The molecule has 1 fully saturated rings. The van der Waals surface area contributed by atoms with E-state index in [-0.39, 0.29) is 12.6 Å². The number of carbonyl (C=O) groups excluding carboxylic acids is 1. The Morgan fingerprint density at radius 1 is 1.47 bits per heavy atom. The van der Waals surface area contributed by atoms with E-state index < -0.39 is 10.9 Å². The molecule has 0 radical (unpaired) electrons. The van der Waals surface area contributed by atoms with Crippen LogP contribution in [0.1, 0.15) is 12.0 Å². The van der Waals surface area contributed by atoms with Crippen LogP contribution in [0, 0.1) is 0 Å². The number of hydrogen-bond acceptors (Lipinski definition) is 5. The average molecular weight is 282 g/mol. The minimum Gasteiger partial charge on any atom is -0.465 e. The highest BCUT2D eigenvalue weighted by Crippen LogP contribution is 2.36. The highest BCUT2D eigenvalue weighted by atomic mass is 32.2. The van der Waals surface area contributed by atoms with Crippen molar-refractivity contribution in [3.8, 4) is 0 Å². The summed E-state index contributed by atoms with van der Waals surface area (Å²) in [7, 11) is 0. The zero-order valence-electron chi connectivity index (χ0n) is 10.9. The third kappa shape index (κ3) is 3.11. The molecule has 0 aromatic heterocycles. The standard InChI is InChI=1S/C14H18O4S/c1-19-14(7-8-18-13(14)16)12(15)10-17-9-11-5-3-2-4-6-11/h2-6,12,15H,7-10H2,1H3/t12-,14+/m1/s1. The van der Waals surface area contributed by atoms with Crippen molar-refractivity contribution in [2.45, 2.75) is 23.9 Å². The first kappa shape index (κ1) is 14.4. The fraction of sp³-hybridized carbons (Fsp3) is 0.500. The van der Waals surface area contributed by atoms with Crippen molar-refractivity contribution in [3.63, 3.8) is 0 Å². The van der Waals surface area contributed by atoms with Crippen molar-refractivity contribution in [1.82, 2.24) is 0 Å². The second kappa shape index (κ2) is 6.41. The summed E-state index contributed by atoms with van der Waals surface area (Å²) in [6, 6.07) is 9.73. The molecule has 0 unspecified atom stereocenters. The highest BCUT2D eigenvalue weighted by molar-refractivity contribution is 8.00. The minimum absolute atomic E-state index is 0.130. The van der Waals surface area contributed by atoms with Gasteiger partial charge < -0.3 is 14.6 Å². The molecular weight excluding hydrogens is 264 g/mol. The second-order valence-electron chi connectivity index (χ2n) is 4.50. The summed E-state index contributed by atoms with van der Waals surface area (Å²) in [5.74, 6) is -0.337. The molecule has 104 valence electrons. The Morgan fingerprint density at radius 3 is 2.79 bits per heavy atom. The van der Waals surface area contributed by atoms with Gasteiger partial charge in [0.15, 0.2) is 0 Å². The summed E-state index contributed by atoms with van der Waals surface area (Å²) in [5, 5.41) is 10.2. The zero-order valence-corrected chi connectivity index (χ0v) is 11.7. The van der Waals surface area contributed by atoms with Crippen molar-refractivity contribution in [3.05, 3.63) is 35.9 Å². The van der Waals surface area contributed by atoms with Gasteiger partial charge in [-0.15, -0.1) is 11.8 Å². The SMILES string of the molecule is CS[C@]1([C@H](O)COCc2ccccc2)CCOC1=O. The Morgan fingerprint density at radius 2 is 2.21 bits per heavy atom. The Bertz CT molecular complexity index is 423. The Hall–Kier alpha value is -1.04. The summed E-state index contributed by atoms with van der Waals surface area (Å²) < 4.78 is 9.60. The Labute approximate surface area is 117 Å². The molecule has 0 saturated carbocycles. The molecule has 19 heavy (non-hydrogen) atoms. The number of carbonyl (C=O) groups is 1. The molecule has 5 heteroatoms. The summed E-state index contributed by atoms with van der Waals surface area (Å²) >= 11 is 1.34. The summed E-state index contributed by atoms with van der Waals surface area (Å²) in [6.45, 7) is 0.928. The lowest BCUT2D eigenvalue weighted by Gasteiger charge is -2.27. The number of thioether (sulfide) groups is 1. The average Bonchev–Trinajstić information content (AvgIpc) is 2.82. The van der Waals surface area contributed by atoms with Gasteiger partial charge in [0.2, 0.25) is 0 Å². The van der Waals surface area contributed by atoms with Gasteiger partial charge in [-0.05, 0) is 11.8 Å². The van der Waals surface area contributed by atoms with Crippen molar-refractivity contribution in [1.29, 1.82) is 0 Å². The Balaban J connectivity index is 1.87. The molecule has 0 bridgehead atoms. The van der Waals surface area contributed by atoms with Crippen LogP contribution >= 0.6 is 11.8 Å². The van der Waals surface area contributed by atoms with Crippen LogP contribution < -0.4 is 0 Å². The number of ether oxygens (including phenoxy) is 2. The lowest BCUT2D eigenvalue weighted by atomic mass is 10.0. The van der Waals surface area contributed by atoms with Crippen molar-refractivity contribution in [2.75, 3.05) is 19.5 Å². The van der Waals surface area contributed by atoms with E-state index in [1.165, 1.54) is 11.8 Å². The number of benzene rings is 1. The fourth-order valence-corrected chi connectivity index (χ4v) is 2.99. The van der Waals surface area contributed by atoms with E-state index in [0.29, 0.717) is 19.6 Å². The Kier molecular flexibility index (Phi) is 4.85. The van der Waals surface area contributed by atoms with Crippen molar-refractivity contribution in [2.24, 2.45) is 0 Å². The van der Waals surface area contributed by atoms with Crippen LogP contribution in [0.5, 0.6) is 0 Å². The highest BCUT2D eigenvalue weighted by Gasteiger charge is 2.50. The monoisotopic (exact) mass is 282 g/mol. The number of aliphatic hydroxyl groups excluding tert-OH is 1. The van der Waals surface area contributed by atoms with Crippen LogP contribution in [0.3, 0.4) is 0 Å². The van der Waals surface area contributed by atoms with Crippen molar-refractivity contribution >= 4 is 17.7 Å². The third-order valence-electron chi connectivity index (χ3n) is 3.34. The maximum atomic E-state index is 11.7. The molecule has 1 saturated heterocycles. The molecule has 4 nitrogen and oxygen atoms in total. The summed E-state index contributed by atoms with van der Waals surface area (Å²) in [6.07, 6.45) is 1.50. The largest absolute Gasteiger partial charge is 0.465 e. The quantitative estimate of drug-likeness (QED) is 0.803. The maximum absolute atomic E-state index is 11.7. The van der Waals surface area contributed by atoms with E-state index in [2.05, 4.69) is 0 Å². The molecule has 0 aliphatic carbocycles. The molecule has 1 aliphatic heterocycles. The number of hydrogen-bond donors (Lipinski definition) is 1. The minimum atomic E-state index is -0.864. The van der Waals surface area contributed by atoms with Gasteiger partial charge in [-0.3, -0.25) is 4.79 Å². The maximum Gasteiger partial charge on any atom is 0.325 e. The lowest BCUT2D eigenvalue weighted by Crippen LogP contribution is -2.45. The molecule has 1 aromatic carbocycles. The van der Waals surface area contributed by atoms with Gasteiger partial charge in [0.25, 0.3) is 0 Å². The molecule has 1 aromatic rings. The third-order valence-corrected chi connectivity index (χ3v) is 4.71. The molecule has 2 atom stereocenters. The molecular formula is C14H18O4S.